The van der Waals surface area contributed by atoms with Gasteiger partial charge < -0.3 is 15.8 Å². The smallest absolute Gasteiger partial charge is 0.251 e. The Kier molecular flexibility index (Phi) is 3.73. The fraction of sp³-hybridized carbons (Fsp3) is 0.923. The summed E-state index contributed by atoms with van der Waals surface area (Å²) < 4.78 is 5.54. The fourth-order valence-electron chi connectivity index (χ4n) is 2.99. The van der Waals surface area contributed by atoms with E-state index in [1.807, 2.05) is 6.92 Å². The molecule has 1 amide bonds. The molecular formula is C13H24N2O2. The molecule has 4 heteroatoms. The van der Waals surface area contributed by atoms with Crippen LogP contribution in [0.4, 0.5) is 0 Å². The average molecular weight is 240 g/mol. The van der Waals surface area contributed by atoms with Gasteiger partial charge in [-0.2, -0.15) is 0 Å². The van der Waals surface area contributed by atoms with Crippen LogP contribution in [-0.2, 0) is 9.53 Å². The van der Waals surface area contributed by atoms with Gasteiger partial charge in [-0.15, -0.1) is 0 Å². The van der Waals surface area contributed by atoms with Gasteiger partial charge in [0.1, 0.15) is 5.60 Å². The largest absolute Gasteiger partial charge is 0.365 e. The molecule has 1 unspecified atom stereocenters. The van der Waals surface area contributed by atoms with Crippen molar-refractivity contribution in [3.05, 3.63) is 0 Å². The number of amides is 1. The second kappa shape index (κ2) is 4.94. The zero-order valence-electron chi connectivity index (χ0n) is 10.8. The number of carbonyl (C=O) groups excluding carboxylic acids is 1. The highest BCUT2D eigenvalue weighted by molar-refractivity contribution is 5.85. The van der Waals surface area contributed by atoms with E-state index in [1.54, 1.807) is 0 Å². The lowest BCUT2D eigenvalue weighted by molar-refractivity contribution is -0.140. The molecule has 2 rings (SSSR count). The summed E-state index contributed by atoms with van der Waals surface area (Å²) in [4.78, 5) is 12.1. The van der Waals surface area contributed by atoms with Crippen molar-refractivity contribution in [1.29, 1.82) is 0 Å². The number of hydrogen-bond acceptors (Lipinski definition) is 3. The number of carbonyl (C=O) groups is 1. The molecule has 0 aromatic rings. The molecule has 1 saturated carbocycles. The van der Waals surface area contributed by atoms with E-state index in [2.05, 4.69) is 5.32 Å². The number of nitrogens with one attached hydrogen (secondary N) is 1. The molecular weight excluding hydrogens is 216 g/mol. The second-order valence-corrected chi connectivity index (χ2v) is 5.78. The van der Waals surface area contributed by atoms with Gasteiger partial charge in [0.2, 0.25) is 0 Å². The van der Waals surface area contributed by atoms with Crippen molar-refractivity contribution in [2.24, 2.45) is 11.1 Å². The number of nitrogens with two attached hydrogens (primary N) is 1. The van der Waals surface area contributed by atoms with E-state index in [-0.39, 0.29) is 11.3 Å². The van der Waals surface area contributed by atoms with Gasteiger partial charge in [0.05, 0.1) is 0 Å². The zero-order valence-corrected chi connectivity index (χ0v) is 10.8. The van der Waals surface area contributed by atoms with Crippen LogP contribution >= 0.6 is 0 Å². The second-order valence-electron chi connectivity index (χ2n) is 5.78. The van der Waals surface area contributed by atoms with E-state index in [4.69, 9.17) is 10.5 Å². The lowest BCUT2D eigenvalue weighted by Gasteiger charge is -2.30. The zero-order chi connectivity index (χ0) is 12.4. The Hall–Kier alpha value is -0.610. The molecule has 4 nitrogen and oxygen atoms in total. The molecule has 0 bridgehead atoms. The molecule has 0 aromatic heterocycles. The normalized spacial score (nSPS) is 31.6. The van der Waals surface area contributed by atoms with E-state index in [0.29, 0.717) is 19.7 Å². The molecule has 0 radical (unpaired) electrons. The third-order valence-corrected chi connectivity index (χ3v) is 4.42. The summed E-state index contributed by atoms with van der Waals surface area (Å²) in [6.07, 6.45) is 6.56. The lowest BCUT2D eigenvalue weighted by Crippen LogP contribution is -2.49. The Bertz CT molecular complexity index is 279. The highest BCUT2D eigenvalue weighted by Gasteiger charge is 2.39. The number of hydrogen-bond donors (Lipinski definition) is 2. The monoisotopic (exact) mass is 240 g/mol. The summed E-state index contributed by atoms with van der Waals surface area (Å²) in [5.41, 5.74) is 5.40. The summed E-state index contributed by atoms with van der Waals surface area (Å²) in [5.74, 6) is 0.0368. The van der Waals surface area contributed by atoms with E-state index >= 15 is 0 Å². The van der Waals surface area contributed by atoms with Crippen molar-refractivity contribution in [2.75, 3.05) is 19.7 Å². The summed E-state index contributed by atoms with van der Waals surface area (Å²) >= 11 is 0. The Morgan fingerprint density at radius 1 is 1.29 bits per heavy atom. The maximum atomic E-state index is 12.1. The van der Waals surface area contributed by atoms with Gasteiger partial charge in [-0.25, -0.2) is 0 Å². The summed E-state index contributed by atoms with van der Waals surface area (Å²) in [5, 5.41) is 3.05. The fourth-order valence-corrected chi connectivity index (χ4v) is 2.99. The Balaban J connectivity index is 1.87. The van der Waals surface area contributed by atoms with Crippen molar-refractivity contribution in [2.45, 2.75) is 51.0 Å². The van der Waals surface area contributed by atoms with Crippen LogP contribution in [-0.4, -0.2) is 31.2 Å². The average Bonchev–Trinajstić information content (AvgIpc) is 2.96. The topological polar surface area (TPSA) is 64.4 Å². The minimum absolute atomic E-state index is 0.0368. The molecule has 1 aliphatic carbocycles. The van der Waals surface area contributed by atoms with Crippen molar-refractivity contribution in [3.8, 4) is 0 Å². The molecule has 3 N–H and O–H groups in total. The van der Waals surface area contributed by atoms with E-state index in [1.165, 1.54) is 12.8 Å². The van der Waals surface area contributed by atoms with Crippen molar-refractivity contribution >= 4 is 5.91 Å². The minimum Gasteiger partial charge on any atom is -0.365 e. The number of ether oxygens (including phenoxy) is 1. The maximum Gasteiger partial charge on any atom is 0.251 e. The lowest BCUT2D eigenvalue weighted by atomic mass is 9.86. The van der Waals surface area contributed by atoms with Crippen molar-refractivity contribution < 1.29 is 9.53 Å². The molecule has 1 aliphatic heterocycles. The van der Waals surface area contributed by atoms with Crippen LogP contribution in [0.5, 0.6) is 0 Å². The van der Waals surface area contributed by atoms with E-state index < -0.39 is 5.60 Å². The Morgan fingerprint density at radius 3 is 2.53 bits per heavy atom. The van der Waals surface area contributed by atoms with Gasteiger partial charge >= 0.3 is 0 Å². The van der Waals surface area contributed by atoms with Gasteiger partial charge in [-0.1, -0.05) is 12.8 Å². The molecule has 98 valence electrons. The Labute approximate surface area is 103 Å². The maximum absolute atomic E-state index is 12.1. The molecule has 17 heavy (non-hydrogen) atoms. The highest BCUT2D eigenvalue weighted by atomic mass is 16.5. The summed E-state index contributed by atoms with van der Waals surface area (Å²) in [6.45, 7) is 3.97. The summed E-state index contributed by atoms with van der Waals surface area (Å²) in [7, 11) is 0. The van der Waals surface area contributed by atoms with Crippen LogP contribution in [0.15, 0.2) is 0 Å². The molecule has 2 aliphatic rings. The molecule has 1 heterocycles. The van der Waals surface area contributed by atoms with Crippen LogP contribution in [0.25, 0.3) is 0 Å². The van der Waals surface area contributed by atoms with Gasteiger partial charge in [0, 0.05) is 13.2 Å². The first kappa shape index (κ1) is 12.8. The first-order chi connectivity index (χ1) is 8.10. The summed E-state index contributed by atoms with van der Waals surface area (Å²) in [6, 6.07) is 0. The van der Waals surface area contributed by atoms with Crippen LogP contribution in [0, 0.1) is 5.41 Å². The number of rotatable bonds is 4. The predicted molar refractivity (Wildman–Crippen MR) is 66.6 cm³/mol. The van der Waals surface area contributed by atoms with Crippen LogP contribution in [0.1, 0.15) is 45.4 Å². The first-order valence-electron chi connectivity index (χ1n) is 6.73. The minimum atomic E-state index is -0.603. The van der Waals surface area contributed by atoms with Gasteiger partial charge in [0.25, 0.3) is 5.91 Å². The third kappa shape index (κ3) is 2.63. The Morgan fingerprint density at radius 2 is 2.00 bits per heavy atom. The highest BCUT2D eigenvalue weighted by Crippen LogP contribution is 2.36. The van der Waals surface area contributed by atoms with Crippen LogP contribution in [0.2, 0.25) is 0 Å². The van der Waals surface area contributed by atoms with Crippen molar-refractivity contribution in [1.82, 2.24) is 5.32 Å². The molecule has 1 saturated heterocycles. The predicted octanol–water partition coefficient (Wildman–Crippen LogP) is 1.19. The van der Waals surface area contributed by atoms with E-state index in [0.717, 1.165) is 25.7 Å². The van der Waals surface area contributed by atoms with Crippen molar-refractivity contribution in [3.63, 3.8) is 0 Å². The SMILES string of the molecule is CC1(C(=O)NCC2(CN)CCCC2)CCCO1. The van der Waals surface area contributed by atoms with Crippen LogP contribution in [0.3, 0.4) is 0 Å². The first-order valence-corrected chi connectivity index (χ1v) is 6.73. The van der Waals surface area contributed by atoms with Gasteiger partial charge in [0.15, 0.2) is 0 Å². The molecule has 2 fully saturated rings. The van der Waals surface area contributed by atoms with Gasteiger partial charge in [-0.3, -0.25) is 4.79 Å². The standard InChI is InChI=1S/C13H24N2O2/c1-12(5-4-8-17-12)11(16)15-10-13(9-14)6-2-3-7-13/h2-10,14H2,1H3,(H,15,16). The quantitative estimate of drug-likeness (QED) is 0.776. The molecule has 0 spiro atoms. The molecule has 1 atom stereocenters. The molecule has 0 aromatic carbocycles. The van der Waals surface area contributed by atoms with E-state index in [9.17, 15) is 4.79 Å². The van der Waals surface area contributed by atoms with Crippen LogP contribution < -0.4 is 11.1 Å². The van der Waals surface area contributed by atoms with Gasteiger partial charge in [-0.05, 0) is 44.6 Å². The third-order valence-electron chi connectivity index (χ3n) is 4.42.